The van der Waals surface area contributed by atoms with Crippen molar-refractivity contribution in [3.05, 3.63) is 16.9 Å². The van der Waals surface area contributed by atoms with Gasteiger partial charge in [-0.2, -0.15) is 0 Å². The molecule has 1 rings (SSSR count). The van der Waals surface area contributed by atoms with E-state index in [0.717, 1.165) is 6.20 Å². The number of aromatic nitrogens is 1. The first-order valence-corrected chi connectivity index (χ1v) is 6.10. The van der Waals surface area contributed by atoms with Crippen LogP contribution in [0.2, 0.25) is 5.15 Å². The van der Waals surface area contributed by atoms with Crippen molar-refractivity contribution in [2.24, 2.45) is 0 Å². The highest BCUT2D eigenvalue weighted by Gasteiger charge is 2.28. The van der Waals surface area contributed by atoms with Crippen LogP contribution in [0, 0.1) is 0 Å². The number of nitrogens with two attached hydrogens (primary N) is 1. The van der Waals surface area contributed by atoms with E-state index in [-0.39, 0.29) is 0 Å². The molecule has 0 saturated carbocycles. The van der Waals surface area contributed by atoms with Crippen molar-refractivity contribution < 1.29 is 17.2 Å². The Morgan fingerprint density at radius 2 is 2.00 bits per heavy atom. The minimum absolute atomic E-state index is 0.478. The third-order valence-electron chi connectivity index (χ3n) is 1.52. The molecule has 0 fully saturated rings. The largest absolute Gasteiger partial charge is 0.397 e. The highest BCUT2D eigenvalue weighted by atomic mass is 35.7. The maximum Gasteiger partial charge on any atom is 0.267 e. The van der Waals surface area contributed by atoms with Gasteiger partial charge in [-0.25, -0.2) is 22.2 Å². The van der Waals surface area contributed by atoms with Gasteiger partial charge in [-0.1, -0.05) is 11.6 Å². The van der Waals surface area contributed by atoms with Crippen molar-refractivity contribution in [3.63, 3.8) is 0 Å². The summed E-state index contributed by atoms with van der Waals surface area (Å²) >= 11 is 5.37. The molecule has 1 aromatic rings. The lowest BCUT2D eigenvalue weighted by Gasteiger charge is -2.09. The van der Waals surface area contributed by atoms with E-state index in [1.54, 1.807) is 0 Å². The van der Waals surface area contributed by atoms with Crippen molar-refractivity contribution in [3.8, 4) is 0 Å². The summed E-state index contributed by atoms with van der Waals surface area (Å²) in [6, 6.07) is 0. The maximum atomic E-state index is 12.5. The summed E-state index contributed by atoms with van der Waals surface area (Å²) in [4.78, 5) is 2.39. The lowest BCUT2D eigenvalue weighted by atomic mass is 10.2. The molecular weight excluding hydrogens is 273 g/mol. The number of hydrogen-bond donors (Lipinski definition) is 1. The molecule has 0 amide bonds. The van der Waals surface area contributed by atoms with Gasteiger partial charge in [-0.05, 0) is 0 Å². The second-order valence-corrected chi connectivity index (χ2v) is 5.35. The zero-order valence-corrected chi connectivity index (χ0v) is 9.24. The second-order valence-electron chi connectivity index (χ2n) is 2.49. The van der Waals surface area contributed by atoms with Crippen molar-refractivity contribution in [2.75, 3.05) is 5.73 Å². The summed E-state index contributed by atoms with van der Waals surface area (Å²) in [6.07, 6.45) is -2.26. The summed E-state index contributed by atoms with van der Waals surface area (Å²) in [5, 5.41) is -0.630. The van der Waals surface area contributed by atoms with Crippen LogP contribution in [0.4, 0.5) is 14.5 Å². The maximum absolute atomic E-state index is 12.5. The van der Waals surface area contributed by atoms with Gasteiger partial charge in [-0.15, -0.1) is 0 Å². The van der Waals surface area contributed by atoms with E-state index in [2.05, 4.69) is 4.98 Å². The fraction of sp³-hybridized carbons (Fsp3) is 0.167. The molecule has 9 heteroatoms. The zero-order valence-electron chi connectivity index (χ0n) is 6.92. The Morgan fingerprint density at radius 1 is 1.47 bits per heavy atom. The van der Waals surface area contributed by atoms with Gasteiger partial charge in [0.15, 0.2) is 0 Å². The molecule has 0 aromatic carbocycles. The number of rotatable bonds is 2. The molecule has 4 nitrogen and oxygen atoms in total. The van der Waals surface area contributed by atoms with Gasteiger partial charge < -0.3 is 5.73 Å². The average molecular weight is 277 g/mol. The van der Waals surface area contributed by atoms with Gasteiger partial charge >= 0.3 is 0 Å². The first-order valence-electron chi connectivity index (χ1n) is 3.42. The molecule has 0 atom stereocenters. The Morgan fingerprint density at radius 3 is 2.33 bits per heavy atom. The SMILES string of the molecule is Nc1cnc(Cl)c(S(=O)(=O)Cl)c1C(F)F. The molecule has 2 N–H and O–H groups in total. The smallest absolute Gasteiger partial charge is 0.267 e. The number of nitrogens with zero attached hydrogens (tertiary/aromatic N) is 1. The predicted octanol–water partition coefficient (Wildman–Crippen LogP) is 2.18. The van der Waals surface area contributed by atoms with E-state index >= 15 is 0 Å². The molecule has 0 bridgehead atoms. The molecule has 0 aliphatic carbocycles. The van der Waals surface area contributed by atoms with Crippen LogP contribution in [0.25, 0.3) is 0 Å². The van der Waals surface area contributed by atoms with Crippen molar-refractivity contribution >= 4 is 37.0 Å². The fourth-order valence-corrected chi connectivity index (χ4v) is 2.72. The summed E-state index contributed by atoms with van der Waals surface area (Å²) in [5.41, 5.74) is 3.76. The topological polar surface area (TPSA) is 73.0 Å². The van der Waals surface area contributed by atoms with Crippen LogP contribution in [0.3, 0.4) is 0 Å². The molecular formula is C6H4Cl2F2N2O2S. The standard InChI is InChI=1S/C6H4Cl2F2N2O2S/c7-5-4(15(8,13)14)3(6(9)10)2(11)1-12-5/h1,6H,11H2. The van der Waals surface area contributed by atoms with Crippen LogP contribution in [-0.2, 0) is 9.05 Å². The Hall–Kier alpha value is -0.660. The monoisotopic (exact) mass is 276 g/mol. The van der Waals surface area contributed by atoms with Gasteiger partial charge in [0.05, 0.1) is 17.4 Å². The predicted molar refractivity (Wildman–Crippen MR) is 51.7 cm³/mol. The van der Waals surface area contributed by atoms with Crippen molar-refractivity contribution in [1.82, 2.24) is 4.98 Å². The lowest BCUT2D eigenvalue weighted by molar-refractivity contribution is 0.149. The molecule has 0 spiro atoms. The van der Waals surface area contributed by atoms with Crippen molar-refractivity contribution in [2.45, 2.75) is 11.3 Å². The van der Waals surface area contributed by atoms with E-state index < -0.39 is 36.8 Å². The Kier molecular flexibility index (Phi) is 3.37. The van der Waals surface area contributed by atoms with Gasteiger partial charge in [0.1, 0.15) is 10.0 Å². The zero-order chi connectivity index (χ0) is 11.8. The average Bonchev–Trinajstić information content (AvgIpc) is 2.05. The minimum Gasteiger partial charge on any atom is -0.397 e. The van der Waals surface area contributed by atoms with Crippen LogP contribution >= 0.6 is 22.3 Å². The van der Waals surface area contributed by atoms with Crippen molar-refractivity contribution in [1.29, 1.82) is 0 Å². The number of alkyl halides is 2. The molecule has 1 aromatic heterocycles. The van der Waals surface area contributed by atoms with Gasteiger partial charge in [0, 0.05) is 10.7 Å². The Balaban J connectivity index is 3.68. The number of halogens is 4. The van der Waals surface area contributed by atoms with Crippen LogP contribution in [0.5, 0.6) is 0 Å². The van der Waals surface area contributed by atoms with E-state index in [1.807, 2.05) is 0 Å². The molecule has 0 unspecified atom stereocenters. The summed E-state index contributed by atoms with van der Waals surface area (Å²) in [6.45, 7) is 0. The number of hydrogen-bond acceptors (Lipinski definition) is 4. The molecule has 1 heterocycles. The number of anilines is 1. The van der Waals surface area contributed by atoms with E-state index in [9.17, 15) is 17.2 Å². The van der Waals surface area contributed by atoms with E-state index in [0.29, 0.717) is 0 Å². The van der Waals surface area contributed by atoms with E-state index in [1.165, 1.54) is 0 Å². The Bertz CT molecular complexity index is 492. The molecule has 0 radical (unpaired) electrons. The van der Waals surface area contributed by atoms with Gasteiger partial charge in [0.2, 0.25) is 0 Å². The van der Waals surface area contributed by atoms with Crippen LogP contribution in [0.15, 0.2) is 11.1 Å². The summed E-state index contributed by atoms with van der Waals surface area (Å²) in [5.74, 6) is 0. The Labute approximate surface area is 93.4 Å². The lowest BCUT2D eigenvalue weighted by Crippen LogP contribution is -2.05. The van der Waals surface area contributed by atoms with Crippen LogP contribution in [0.1, 0.15) is 12.0 Å². The second kappa shape index (κ2) is 4.07. The molecule has 84 valence electrons. The highest BCUT2D eigenvalue weighted by molar-refractivity contribution is 8.13. The van der Waals surface area contributed by atoms with Crippen LogP contribution < -0.4 is 5.73 Å². The van der Waals surface area contributed by atoms with Gasteiger partial charge in [0.25, 0.3) is 15.5 Å². The molecule has 0 aliphatic rings. The third-order valence-corrected chi connectivity index (χ3v) is 3.28. The summed E-state index contributed by atoms with van der Waals surface area (Å²) < 4.78 is 47.0. The molecule has 0 aliphatic heterocycles. The first kappa shape index (κ1) is 12.4. The summed E-state index contributed by atoms with van der Waals surface area (Å²) in [7, 11) is 0.530. The van der Waals surface area contributed by atoms with E-state index in [4.69, 9.17) is 28.0 Å². The van der Waals surface area contributed by atoms with Crippen LogP contribution in [-0.4, -0.2) is 13.4 Å². The molecule has 0 saturated heterocycles. The first-order chi connectivity index (χ1) is 6.75. The quantitative estimate of drug-likeness (QED) is 0.664. The normalized spacial score (nSPS) is 12.1. The molecule has 15 heavy (non-hydrogen) atoms. The third kappa shape index (κ3) is 2.47. The number of nitrogen functional groups attached to an aromatic ring is 1. The number of pyridine rings is 1. The minimum atomic E-state index is -4.41. The highest BCUT2D eigenvalue weighted by Crippen LogP contribution is 2.36. The van der Waals surface area contributed by atoms with Gasteiger partial charge in [-0.3, -0.25) is 0 Å². The fourth-order valence-electron chi connectivity index (χ4n) is 0.954.